The van der Waals surface area contributed by atoms with Crippen molar-refractivity contribution in [2.75, 3.05) is 25.1 Å². The molecule has 1 aromatic rings. The Morgan fingerprint density at radius 1 is 1.20 bits per heavy atom. The number of piperidine rings is 1. The molecular formula is C16H21F3N2O3S. The van der Waals surface area contributed by atoms with Gasteiger partial charge in [0.1, 0.15) is 11.6 Å². The lowest BCUT2D eigenvalue weighted by Crippen LogP contribution is -2.45. The SMILES string of the molecule is CS(=O)(=O)CC(=O)N1CCC(C(N)Cc2cc(F)c(F)cc2F)CC1. The molecule has 140 valence electrons. The highest BCUT2D eigenvalue weighted by atomic mass is 32.2. The van der Waals surface area contributed by atoms with Gasteiger partial charge in [0.2, 0.25) is 5.91 Å². The molecule has 1 amide bonds. The monoisotopic (exact) mass is 378 g/mol. The lowest BCUT2D eigenvalue weighted by molar-refractivity contribution is -0.129. The molecule has 5 nitrogen and oxygen atoms in total. The number of hydrogen-bond donors (Lipinski definition) is 1. The van der Waals surface area contributed by atoms with E-state index in [-0.39, 0.29) is 17.9 Å². The molecule has 1 heterocycles. The van der Waals surface area contributed by atoms with Gasteiger partial charge in [0.25, 0.3) is 0 Å². The average Bonchev–Trinajstić information content (AvgIpc) is 2.51. The Morgan fingerprint density at radius 3 is 2.32 bits per heavy atom. The summed E-state index contributed by atoms with van der Waals surface area (Å²) in [5, 5.41) is 0. The minimum Gasteiger partial charge on any atom is -0.342 e. The first-order chi connectivity index (χ1) is 11.6. The molecule has 1 aliphatic rings. The molecule has 25 heavy (non-hydrogen) atoms. The van der Waals surface area contributed by atoms with E-state index in [4.69, 9.17) is 5.73 Å². The van der Waals surface area contributed by atoms with Crippen LogP contribution in [0.25, 0.3) is 0 Å². The highest BCUT2D eigenvalue weighted by Gasteiger charge is 2.28. The van der Waals surface area contributed by atoms with Crippen molar-refractivity contribution in [3.05, 3.63) is 35.1 Å². The van der Waals surface area contributed by atoms with E-state index in [9.17, 15) is 26.4 Å². The zero-order valence-corrected chi connectivity index (χ0v) is 14.7. The molecule has 2 N–H and O–H groups in total. The molecule has 0 radical (unpaired) electrons. The van der Waals surface area contributed by atoms with Gasteiger partial charge < -0.3 is 10.6 Å². The van der Waals surface area contributed by atoms with E-state index < -0.39 is 45.0 Å². The minimum atomic E-state index is -3.38. The molecule has 1 aliphatic heterocycles. The Bertz CT molecular complexity index is 747. The predicted octanol–water partition coefficient (Wildman–Crippen LogP) is 1.26. The fourth-order valence-electron chi connectivity index (χ4n) is 3.03. The summed E-state index contributed by atoms with van der Waals surface area (Å²) in [6, 6.07) is 0.852. The highest BCUT2D eigenvalue weighted by Crippen LogP contribution is 2.24. The molecular weight excluding hydrogens is 357 g/mol. The van der Waals surface area contributed by atoms with Crippen LogP contribution in [0.3, 0.4) is 0 Å². The molecule has 0 spiro atoms. The van der Waals surface area contributed by atoms with Crippen molar-refractivity contribution < 1.29 is 26.4 Å². The maximum Gasteiger partial charge on any atom is 0.237 e. The smallest absolute Gasteiger partial charge is 0.237 e. The Morgan fingerprint density at radius 2 is 1.76 bits per heavy atom. The van der Waals surface area contributed by atoms with E-state index >= 15 is 0 Å². The summed E-state index contributed by atoms with van der Waals surface area (Å²) in [6.07, 6.45) is 2.15. The van der Waals surface area contributed by atoms with Gasteiger partial charge in [0, 0.05) is 31.5 Å². The average molecular weight is 378 g/mol. The first-order valence-electron chi connectivity index (χ1n) is 7.91. The van der Waals surface area contributed by atoms with Crippen molar-refractivity contribution in [1.82, 2.24) is 4.90 Å². The number of benzene rings is 1. The Kier molecular flexibility index (Phi) is 6.10. The van der Waals surface area contributed by atoms with E-state index in [2.05, 4.69) is 0 Å². The second kappa shape index (κ2) is 7.74. The first-order valence-corrected chi connectivity index (χ1v) is 9.97. The lowest BCUT2D eigenvalue weighted by Gasteiger charge is -2.34. The summed E-state index contributed by atoms with van der Waals surface area (Å²) in [5.41, 5.74) is 6.09. The van der Waals surface area contributed by atoms with Crippen LogP contribution in [0, 0.1) is 23.4 Å². The second-order valence-electron chi connectivity index (χ2n) is 6.51. The summed E-state index contributed by atoms with van der Waals surface area (Å²) in [4.78, 5) is 13.4. The highest BCUT2D eigenvalue weighted by molar-refractivity contribution is 7.91. The number of amides is 1. The predicted molar refractivity (Wildman–Crippen MR) is 87.0 cm³/mol. The van der Waals surface area contributed by atoms with E-state index in [1.165, 1.54) is 4.90 Å². The van der Waals surface area contributed by atoms with Gasteiger partial charge in [-0.2, -0.15) is 0 Å². The molecule has 1 aromatic carbocycles. The maximum absolute atomic E-state index is 13.7. The largest absolute Gasteiger partial charge is 0.342 e. The molecule has 0 aliphatic carbocycles. The van der Waals surface area contributed by atoms with Crippen LogP contribution in [0.2, 0.25) is 0 Å². The molecule has 0 saturated carbocycles. The normalized spacial score (nSPS) is 17.6. The van der Waals surface area contributed by atoms with Crippen LogP contribution in [0.1, 0.15) is 18.4 Å². The van der Waals surface area contributed by atoms with E-state index in [0.717, 1.165) is 12.3 Å². The number of carbonyl (C=O) groups excluding carboxylic acids is 1. The second-order valence-corrected chi connectivity index (χ2v) is 8.65. The van der Waals surface area contributed by atoms with Gasteiger partial charge in [-0.25, -0.2) is 21.6 Å². The van der Waals surface area contributed by atoms with Crippen LogP contribution in [0.15, 0.2) is 12.1 Å². The fraction of sp³-hybridized carbons (Fsp3) is 0.562. The van der Waals surface area contributed by atoms with Crippen molar-refractivity contribution in [3.63, 3.8) is 0 Å². The lowest BCUT2D eigenvalue weighted by atomic mass is 9.86. The minimum absolute atomic E-state index is 0.0157. The summed E-state index contributed by atoms with van der Waals surface area (Å²) >= 11 is 0. The van der Waals surface area contributed by atoms with Gasteiger partial charge in [-0.3, -0.25) is 4.79 Å². The molecule has 1 unspecified atom stereocenters. The van der Waals surface area contributed by atoms with Gasteiger partial charge >= 0.3 is 0 Å². The van der Waals surface area contributed by atoms with E-state index in [1.54, 1.807) is 0 Å². The van der Waals surface area contributed by atoms with Gasteiger partial charge in [-0.1, -0.05) is 0 Å². The molecule has 2 rings (SSSR count). The molecule has 1 fully saturated rings. The number of nitrogens with zero attached hydrogens (tertiary/aromatic N) is 1. The first kappa shape index (κ1) is 19.7. The molecule has 1 saturated heterocycles. The van der Waals surface area contributed by atoms with Crippen molar-refractivity contribution in [2.45, 2.75) is 25.3 Å². The summed E-state index contributed by atoms with van der Waals surface area (Å²) < 4.78 is 62.3. The van der Waals surface area contributed by atoms with Crippen LogP contribution in [0.4, 0.5) is 13.2 Å². The Balaban J connectivity index is 1.92. The summed E-state index contributed by atoms with van der Waals surface area (Å²) in [5.74, 6) is -4.19. The Labute approximate surface area is 144 Å². The zero-order chi connectivity index (χ0) is 18.8. The van der Waals surface area contributed by atoms with Crippen molar-refractivity contribution in [3.8, 4) is 0 Å². The summed E-state index contributed by atoms with van der Waals surface area (Å²) in [6.45, 7) is 0.736. The van der Waals surface area contributed by atoms with Crippen molar-refractivity contribution in [1.29, 1.82) is 0 Å². The van der Waals surface area contributed by atoms with Crippen LogP contribution in [0.5, 0.6) is 0 Å². The third kappa shape index (κ3) is 5.43. The van der Waals surface area contributed by atoms with Crippen LogP contribution in [-0.2, 0) is 21.1 Å². The van der Waals surface area contributed by atoms with Crippen molar-refractivity contribution in [2.24, 2.45) is 11.7 Å². The molecule has 0 aromatic heterocycles. The zero-order valence-electron chi connectivity index (χ0n) is 13.8. The Hall–Kier alpha value is -1.61. The van der Waals surface area contributed by atoms with Gasteiger partial charge in [0.15, 0.2) is 21.5 Å². The van der Waals surface area contributed by atoms with Crippen LogP contribution >= 0.6 is 0 Å². The maximum atomic E-state index is 13.7. The third-order valence-electron chi connectivity index (χ3n) is 4.43. The van der Waals surface area contributed by atoms with Crippen molar-refractivity contribution >= 4 is 15.7 Å². The van der Waals surface area contributed by atoms with E-state index in [0.29, 0.717) is 32.0 Å². The molecule has 1 atom stereocenters. The standard InChI is InChI=1S/C16H21F3N2O3S/c1-25(23,24)9-16(22)21-4-2-10(3-5-21)15(20)7-11-6-13(18)14(19)8-12(11)17/h6,8,10,15H,2-5,7,9,20H2,1H3. The number of sulfone groups is 1. The quantitative estimate of drug-likeness (QED) is 0.783. The summed E-state index contributed by atoms with van der Waals surface area (Å²) in [7, 11) is -3.38. The molecule has 0 bridgehead atoms. The number of hydrogen-bond acceptors (Lipinski definition) is 4. The molecule has 9 heteroatoms. The number of carbonyl (C=O) groups is 1. The van der Waals surface area contributed by atoms with Crippen LogP contribution < -0.4 is 5.73 Å². The number of halogens is 3. The van der Waals surface area contributed by atoms with Gasteiger partial charge in [-0.15, -0.1) is 0 Å². The van der Waals surface area contributed by atoms with Gasteiger partial charge in [-0.05, 0) is 36.8 Å². The third-order valence-corrected chi connectivity index (χ3v) is 5.20. The van der Waals surface area contributed by atoms with Gasteiger partial charge in [0.05, 0.1) is 0 Å². The van der Waals surface area contributed by atoms with Crippen LogP contribution in [-0.4, -0.2) is 50.4 Å². The number of rotatable bonds is 5. The topological polar surface area (TPSA) is 80.5 Å². The van der Waals surface area contributed by atoms with E-state index in [1.807, 2.05) is 0 Å². The fourth-order valence-corrected chi connectivity index (χ4v) is 3.66. The number of likely N-dealkylation sites (tertiary alicyclic amines) is 1. The number of nitrogens with two attached hydrogens (primary N) is 1.